The zero-order valence-electron chi connectivity index (χ0n) is 13.6. The van der Waals surface area contributed by atoms with Crippen molar-refractivity contribution >= 4 is 17.2 Å². The molecule has 2 aromatic heterocycles. The van der Waals surface area contributed by atoms with Crippen LogP contribution < -0.4 is 11.0 Å². The van der Waals surface area contributed by atoms with Crippen molar-refractivity contribution in [3.05, 3.63) is 64.7 Å². The van der Waals surface area contributed by atoms with Gasteiger partial charge in [-0.1, -0.05) is 18.2 Å². The fraction of sp³-hybridized carbons (Fsp3) is 0.278. The summed E-state index contributed by atoms with van der Waals surface area (Å²) in [5.41, 5.74) is 1.99. The maximum Gasteiger partial charge on any atom is 0.350 e. The summed E-state index contributed by atoms with van der Waals surface area (Å²) in [6, 6.07) is 12.8. The van der Waals surface area contributed by atoms with Gasteiger partial charge in [-0.2, -0.15) is 0 Å². The maximum atomic E-state index is 12.3. The number of carbonyl (C=O) groups is 1. The molecule has 1 amide bonds. The minimum Gasteiger partial charge on any atom is -0.368 e. The lowest BCUT2D eigenvalue weighted by molar-refractivity contribution is -0.124. The molecule has 1 aromatic carbocycles. The Morgan fingerprint density at radius 1 is 1.28 bits per heavy atom. The molecule has 1 saturated heterocycles. The van der Waals surface area contributed by atoms with Gasteiger partial charge in [0, 0.05) is 18.5 Å². The third-order valence-electron chi connectivity index (χ3n) is 4.24. The normalized spacial score (nSPS) is 17.0. The molecule has 0 bridgehead atoms. The highest BCUT2D eigenvalue weighted by molar-refractivity contribution is 5.94. The van der Waals surface area contributed by atoms with Gasteiger partial charge in [-0.25, -0.2) is 9.48 Å². The van der Waals surface area contributed by atoms with Crippen molar-refractivity contribution in [1.82, 2.24) is 14.2 Å². The van der Waals surface area contributed by atoms with Crippen LogP contribution in [0.4, 0.5) is 5.69 Å². The molecule has 1 N–H and O–H groups in total. The summed E-state index contributed by atoms with van der Waals surface area (Å²) in [5, 5.41) is 7.20. The van der Waals surface area contributed by atoms with E-state index in [2.05, 4.69) is 10.4 Å². The van der Waals surface area contributed by atoms with E-state index in [1.807, 2.05) is 30.3 Å². The molecule has 7 nitrogen and oxygen atoms in total. The van der Waals surface area contributed by atoms with Crippen LogP contribution in [-0.4, -0.2) is 32.8 Å². The monoisotopic (exact) mass is 338 g/mol. The van der Waals surface area contributed by atoms with E-state index in [0.29, 0.717) is 24.5 Å². The second kappa shape index (κ2) is 6.52. The molecule has 3 aromatic rings. The topological polar surface area (TPSA) is 77.6 Å². The van der Waals surface area contributed by atoms with Crippen LogP contribution in [0.25, 0.3) is 5.65 Å². The van der Waals surface area contributed by atoms with E-state index in [1.54, 1.807) is 18.3 Å². The number of anilines is 1. The Morgan fingerprint density at radius 3 is 3.00 bits per heavy atom. The maximum absolute atomic E-state index is 12.3. The summed E-state index contributed by atoms with van der Waals surface area (Å²) in [6.45, 7) is 0.971. The van der Waals surface area contributed by atoms with Gasteiger partial charge < -0.3 is 10.1 Å². The Morgan fingerprint density at radius 2 is 2.20 bits per heavy atom. The van der Waals surface area contributed by atoms with Crippen molar-refractivity contribution in [2.24, 2.45) is 0 Å². The van der Waals surface area contributed by atoms with Crippen LogP contribution in [0.3, 0.4) is 0 Å². The summed E-state index contributed by atoms with van der Waals surface area (Å²) in [5.74, 6) is -0.125. The van der Waals surface area contributed by atoms with E-state index in [4.69, 9.17) is 4.74 Å². The Labute approximate surface area is 143 Å². The number of carbonyl (C=O) groups excluding carboxylic acids is 1. The Balaban J connectivity index is 1.53. The molecule has 1 atom stereocenters. The first kappa shape index (κ1) is 15.6. The molecule has 3 heterocycles. The summed E-state index contributed by atoms with van der Waals surface area (Å²) >= 11 is 0. The molecule has 25 heavy (non-hydrogen) atoms. The summed E-state index contributed by atoms with van der Waals surface area (Å²) in [4.78, 5) is 24.5. The minimum atomic E-state index is -0.371. The Kier molecular flexibility index (Phi) is 4.07. The Bertz CT molecular complexity index is 970. The lowest BCUT2D eigenvalue weighted by atomic mass is 10.2. The SMILES string of the molecule is O=C(Nc1cccc(Cn2nc3ccccn3c2=O)c1)[C@@H]1CCCO1. The standard InChI is InChI=1S/C18H18N4O3/c23-17(15-7-4-10-25-15)19-14-6-3-5-13(11-14)12-22-18(24)21-9-2-1-8-16(21)20-22/h1-3,5-6,8-9,11,15H,4,7,10,12H2,(H,19,23)/t15-/m0/s1. The molecule has 4 rings (SSSR count). The number of hydrogen-bond donors (Lipinski definition) is 1. The molecule has 0 saturated carbocycles. The zero-order valence-corrected chi connectivity index (χ0v) is 13.6. The number of amides is 1. The Hall–Kier alpha value is -2.93. The second-order valence-electron chi connectivity index (χ2n) is 6.06. The molecule has 1 fully saturated rings. The number of ether oxygens (including phenoxy) is 1. The molecule has 128 valence electrons. The van der Waals surface area contributed by atoms with E-state index in [1.165, 1.54) is 9.08 Å². The zero-order chi connectivity index (χ0) is 17.2. The van der Waals surface area contributed by atoms with E-state index in [9.17, 15) is 9.59 Å². The van der Waals surface area contributed by atoms with Gasteiger partial charge in [0.05, 0.1) is 6.54 Å². The fourth-order valence-electron chi connectivity index (χ4n) is 3.00. The van der Waals surface area contributed by atoms with Gasteiger partial charge in [0.25, 0.3) is 5.91 Å². The molecule has 1 aliphatic heterocycles. The van der Waals surface area contributed by atoms with Crippen LogP contribution in [0.1, 0.15) is 18.4 Å². The number of nitrogens with one attached hydrogen (secondary N) is 1. The molecular formula is C18H18N4O3. The van der Waals surface area contributed by atoms with Crippen molar-refractivity contribution in [3.8, 4) is 0 Å². The minimum absolute atomic E-state index is 0.125. The number of benzene rings is 1. The fourth-order valence-corrected chi connectivity index (χ4v) is 3.00. The number of aromatic nitrogens is 3. The van der Waals surface area contributed by atoms with Crippen LogP contribution in [0, 0.1) is 0 Å². The lowest BCUT2D eigenvalue weighted by Crippen LogP contribution is -2.27. The van der Waals surface area contributed by atoms with E-state index < -0.39 is 0 Å². The van der Waals surface area contributed by atoms with E-state index in [-0.39, 0.29) is 17.7 Å². The van der Waals surface area contributed by atoms with Gasteiger partial charge in [-0.15, -0.1) is 5.10 Å². The molecule has 0 radical (unpaired) electrons. The van der Waals surface area contributed by atoms with Crippen LogP contribution in [0.2, 0.25) is 0 Å². The van der Waals surface area contributed by atoms with Crippen LogP contribution in [0.15, 0.2) is 53.5 Å². The summed E-state index contributed by atoms with van der Waals surface area (Å²) in [6.07, 6.45) is 2.99. The molecule has 1 aliphatic rings. The molecular weight excluding hydrogens is 320 g/mol. The van der Waals surface area contributed by atoms with Gasteiger partial charge in [-0.3, -0.25) is 9.20 Å². The quantitative estimate of drug-likeness (QED) is 0.785. The number of nitrogens with zero attached hydrogens (tertiary/aromatic N) is 3. The van der Waals surface area contributed by atoms with Gasteiger partial charge >= 0.3 is 5.69 Å². The van der Waals surface area contributed by atoms with Gasteiger partial charge in [-0.05, 0) is 42.7 Å². The largest absolute Gasteiger partial charge is 0.368 e. The number of fused-ring (bicyclic) bond motifs is 1. The van der Waals surface area contributed by atoms with Crippen LogP contribution in [0.5, 0.6) is 0 Å². The first-order valence-corrected chi connectivity index (χ1v) is 8.26. The first-order chi connectivity index (χ1) is 12.2. The van der Waals surface area contributed by atoms with Crippen molar-refractivity contribution in [2.45, 2.75) is 25.5 Å². The highest BCUT2D eigenvalue weighted by Crippen LogP contribution is 2.16. The van der Waals surface area contributed by atoms with Gasteiger partial charge in [0.15, 0.2) is 5.65 Å². The predicted molar refractivity (Wildman–Crippen MR) is 92.6 cm³/mol. The third-order valence-corrected chi connectivity index (χ3v) is 4.24. The van der Waals surface area contributed by atoms with Crippen molar-refractivity contribution in [3.63, 3.8) is 0 Å². The molecule has 7 heteroatoms. The highest BCUT2D eigenvalue weighted by atomic mass is 16.5. The molecule has 0 unspecified atom stereocenters. The van der Waals surface area contributed by atoms with Gasteiger partial charge in [0.1, 0.15) is 6.10 Å². The van der Waals surface area contributed by atoms with E-state index in [0.717, 1.165) is 18.4 Å². The number of pyridine rings is 1. The third kappa shape index (κ3) is 3.18. The summed E-state index contributed by atoms with van der Waals surface area (Å²) in [7, 11) is 0. The predicted octanol–water partition coefficient (Wildman–Crippen LogP) is 1.66. The first-order valence-electron chi connectivity index (χ1n) is 8.26. The number of rotatable bonds is 4. The highest BCUT2D eigenvalue weighted by Gasteiger charge is 2.23. The smallest absolute Gasteiger partial charge is 0.350 e. The average Bonchev–Trinajstić information content (AvgIpc) is 3.25. The van der Waals surface area contributed by atoms with Crippen molar-refractivity contribution < 1.29 is 9.53 Å². The van der Waals surface area contributed by atoms with Crippen LogP contribution in [-0.2, 0) is 16.1 Å². The lowest BCUT2D eigenvalue weighted by Gasteiger charge is -2.11. The second-order valence-corrected chi connectivity index (χ2v) is 6.06. The van der Waals surface area contributed by atoms with Crippen LogP contribution >= 0.6 is 0 Å². The van der Waals surface area contributed by atoms with Crippen molar-refractivity contribution in [2.75, 3.05) is 11.9 Å². The van der Waals surface area contributed by atoms with E-state index >= 15 is 0 Å². The average molecular weight is 338 g/mol. The molecule has 0 spiro atoms. The molecule has 0 aliphatic carbocycles. The number of hydrogen-bond acceptors (Lipinski definition) is 4. The van der Waals surface area contributed by atoms with Gasteiger partial charge in [0.2, 0.25) is 0 Å². The van der Waals surface area contributed by atoms with Crippen molar-refractivity contribution in [1.29, 1.82) is 0 Å². The summed E-state index contributed by atoms with van der Waals surface area (Å²) < 4.78 is 8.31.